The zero-order chi connectivity index (χ0) is 19.9. The first-order valence-electron chi connectivity index (χ1n) is 9.41. The highest BCUT2D eigenvalue weighted by atomic mass is 32.2. The molecular formula is C19H28N2O5S. The van der Waals surface area contributed by atoms with E-state index in [0.717, 1.165) is 12.0 Å². The number of unbranched alkanes of at least 4 members (excludes halogenated alkanes) is 1. The molecule has 1 heterocycles. The van der Waals surface area contributed by atoms with Crippen molar-refractivity contribution in [1.29, 1.82) is 0 Å². The van der Waals surface area contributed by atoms with Crippen molar-refractivity contribution in [3.05, 3.63) is 29.8 Å². The fraction of sp³-hybridized carbons (Fsp3) is 0.579. The van der Waals surface area contributed by atoms with Crippen LogP contribution in [-0.2, 0) is 26.0 Å². The average molecular weight is 397 g/mol. The Bertz CT molecular complexity index is 738. The number of aryl methyl sites for hydroxylation is 1. The number of amides is 1. The number of piperidine rings is 1. The van der Waals surface area contributed by atoms with E-state index in [-0.39, 0.29) is 24.0 Å². The molecule has 7 nitrogen and oxygen atoms in total. The topological polar surface area (TPSA) is 104 Å². The van der Waals surface area contributed by atoms with Gasteiger partial charge in [0, 0.05) is 31.1 Å². The predicted molar refractivity (Wildman–Crippen MR) is 104 cm³/mol. The second-order valence-electron chi connectivity index (χ2n) is 6.92. The maximum absolute atomic E-state index is 12.4. The number of hydrogen-bond donors (Lipinski definition) is 2. The Morgan fingerprint density at radius 1 is 1.19 bits per heavy atom. The van der Waals surface area contributed by atoms with Gasteiger partial charge in [-0.1, -0.05) is 25.5 Å². The Balaban J connectivity index is 1.83. The molecule has 1 saturated heterocycles. The summed E-state index contributed by atoms with van der Waals surface area (Å²) in [5.41, 5.74) is 1.57. The van der Waals surface area contributed by atoms with E-state index in [4.69, 9.17) is 5.11 Å². The van der Waals surface area contributed by atoms with Gasteiger partial charge in [-0.15, -0.1) is 0 Å². The lowest BCUT2D eigenvalue weighted by molar-refractivity contribution is -0.137. The molecule has 0 bridgehead atoms. The van der Waals surface area contributed by atoms with E-state index in [0.29, 0.717) is 44.5 Å². The SMILES string of the molecule is CCCCS(=O)(=O)N1CCC(C(=O)Nc2ccc(CCC(=O)O)cc2)CC1. The lowest BCUT2D eigenvalue weighted by Crippen LogP contribution is -2.42. The Hall–Kier alpha value is -1.93. The van der Waals surface area contributed by atoms with E-state index in [9.17, 15) is 18.0 Å². The van der Waals surface area contributed by atoms with E-state index in [1.165, 1.54) is 4.31 Å². The summed E-state index contributed by atoms with van der Waals surface area (Å²) in [5.74, 6) is -0.960. The van der Waals surface area contributed by atoms with E-state index in [2.05, 4.69) is 5.32 Å². The third-order valence-electron chi connectivity index (χ3n) is 4.82. The van der Waals surface area contributed by atoms with Gasteiger partial charge in [-0.25, -0.2) is 12.7 Å². The molecule has 0 aliphatic carbocycles. The zero-order valence-electron chi connectivity index (χ0n) is 15.7. The van der Waals surface area contributed by atoms with Gasteiger partial charge in [0.2, 0.25) is 15.9 Å². The number of benzene rings is 1. The van der Waals surface area contributed by atoms with Crippen LogP contribution in [0.5, 0.6) is 0 Å². The fourth-order valence-corrected chi connectivity index (χ4v) is 4.78. The number of carbonyl (C=O) groups is 2. The van der Waals surface area contributed by atoms with Gasteiger partial charge in [0.1, 0.15) is 0 Å². The van der Waals surface area contributed by atoms with Crippen molar-refractivity contribution in [1.82, 2.24) is 4.31 Å². The molecule has 1 aromatic rings. The number of carboxylic acid groups (broad SMARTS) is 1. The van der Waals surface area contributed by atoms with Crippen molar-refractivity contribution in [3.63, 3.8) is 0 Å². The van der Waals surface area contributed by atoms with E-state index in [1.807, 2.05) is 19.1 Å². The normalized spacial score (nSPS) is 16.2. The summed E-state index contributed by atoms with van der Waals surface area (Å²) in [4.78, 5) is 23.0. The Morgan fingerprint density at radius 3 is 2.37 bits per heavy atom. The van der Waals surface area contributed by atoms with Gasteiger partial charge in [0.25, 0.3) is 0 Å². The van der Waals surface area contributed by atoms with Crippen molar-refractivity contribution in [3.8, 4) is 0 Å². The lowest BCUT2D eigenvalue weighted by atomic mass is 9.97. The lowest BCUT2D eigenvalue weighted by Gasteiger charge is -2.30. The van der Waals surface area contributed by atoms with E-state index in [1.54, 1.807) is 12.1 Å². The van der Waals surface area contributed by atoms with Crippen LogP contribution in [0.15, 0.2) is 24.3 Å². The molecule has 150 valence electrons. The number of carboxylic acids is 1. The minimum absolute atomic E-state index is 0.0748. The van der Waals surface area contributed by atoms with Crippen LogP contribution in [0, 0.1) is 5.92 Å². The first-order chi connectivity index (χ1) is 12.8. The number of carbonyl (C=O) groups excluding carboxylic acids is 1. The highest BCUT2D eigenvalue weighted by Crippen LogP contribution is 2.22. The highest BCUT2D eigenvalue weighted by Gasteiger charge is 2.30. The molecule has 0 radical (unpaired) electrons. The molecular weight excluding hydrogens is 368 g/mol. The number of hydrogen-bond acceptors (Lipinski definition) is 4. The highest BCUT2D eigenvalue weighted by molar-refractivity contribution is 7.89. The molecule has 27 heavy (non-hydrogen) atoms. The first kappa shape index (κ1) is 21.4. The molecule has 8 heteroatoms. The minimum atomic E-state index is -3.21. The minimum Gasteiger partial charge on any atom is -0.481 e. The van der Waals surface area contributed by atoms with Crippen molar-refractivity contribution >= 4 is 27.6 Å². The quantitative estimate of drug-likeness (QED) is 0.667. The van der Waals surface area contributed by atoms with E-state index < -0.39 is 16.0 Å². The molecule has 0 atom stereocenters. The molecule has 1 aromatic carbocycles. The maximum atomic E-state index is 12.4. The van der Waals surface area contributed by atoms with Gasteiger partial charge in [-0.05, 0) is 43.4 Å². The van der Waals surface area contributed by atoms with Crippen LogP contribution in [0.4, 0.5) is 5.69 Å². The van der Waals surface area contributed by atoms with Crippen LogP contribution in [0.1, 0.15) is 44.6 Å². The molecule has 0 aromatic heterocycles. The van der Waals surface area contributed by atoms with Gasteiger partial charge in [0.05, 0.1) is 5.75 Å². The summed E-state index contributed by atoms with van der Waals surface area (Å²) in [6.45, 7) is 2.74. The van der Waals surface area contributed by atoms with Crippen molar-refractivity contribution in [2.75, 3.05) is 24.2 Å². The molecule has 0 unspecified atom stereocenters. The number of sulfonamides is 1. The van der Waals surface area contributed by atoms with E-state index >= 15 is 0 Å². The Kier molecular flexibility index (Phi) is 7.79. The summed E-state index contributed by atoms with van der Waals surface area (Å²) < 4.78 is 26.0. The number of anilines is 1. The second-order valence-corrected chi connectivity index (χ2v) is 9.01. The standard InChI is InChI=1S/C19H28N2O5S/c1-2-3-14-27(25,26)21-12-10-16(11-13-21)19(24)20-17-7-4-15(5-8-17)6-9-18(22)23/h4-5,7-8,16H,2-3,6,9-14H2,1H3,(H,20,24)(H,22,23). The maximum Gasteiger partial charge on any atom is 0.303 e. The number of nitrogens with one attached hydrogen (secondary N) is 1. The van der Waals surface area contributed by atoms with Gasteiger partial charge in [-0.3, -0.25) is 9.59 Å². The van der Waals surface area contributed by atoms with Gasteiger partial charge in [0.15, 0.2) is 0 Å². The zero-order valence-corrected chi connectivity index (χ0v) is 16.5. The second kappa shape index (κ2) is 9.85. The number of aliphatic carboxylic acids is 1. The molecule has 1 amide bonds. The summed E-state index contributed by atoms with van der Waals surface area (Å²) in [5, 5.41) is 11.6. The summed E-state index contributed by atoms with van der Waals surface area (Å²) in [6, 6.07) is 7.14. The molecule has 2 rings (SSSR count). The largest absolute Gasteiger partial charge is 0.481 e. The summed E-state index contributed by atoms with van der Waals surface area (Å²) in [6.07, 6.45) is 3.07. The molecule has 0 saturated carbocycles. The Morgan fingerprint density at radius 2 is 1.81 bits per heavy atom. The molecule has 2 N–H and O–H groups in total. The van der Waals surface area contributed by atoms with Gasteiger partial charge >= 0.3 is 5.97 Å². The van der Waals surface area contributed by atoms with Crippen molar-refractivity contribution < 1.29 is 23.1 Å². The fourth-order valence-electron chi connectivity index (χ4n) is 3.10. The van der Waals surface area contributed by atoms with Crippen molar-refractivity contribution in [2.45, 2.75) is 45.4 Å². The molecule has 1 aliphatic rings. The molecule has 1 aliphatic heterocycles. The predicted octanol–water partition coefficient (Wildman–Crippen LogP) is 2.48. The number of rotatable bonds is 9. The van der Waals surface area contributed by atoms with Crippen LogP contribution >= 0.6 is 0 Å². The van der Waals surface area contributed by atoms with Crippen LogP contribution in [0.25, 0.3) is 0 Å². The smallest absolute Gasteiger partial charge is 0.303 e. The molecule has 0 spiro atoms. The van der Waals surface area contributed by atoms with Crippen LogP contribution < -0.4 is 5.32 Å². The Labute approximate surface area is 160 Å². The summed E-state index contributed by atoms with van der Waals surface area (Å²) >= 11 is 0. The van der Waals surface area contributed by atoms with Crippen molar-refractivity contribution in [2.24, 2.45) is 5.92 Å². The number of nitrogens with zero attached hydrogens (tertiary/aromatic N) is 1. The average Bonchev–Trinajstić information content (AvgIpc) is 2.66. The van der Waals surface area contributed by atoms with Crippen LogP contribution in [-0.4, -0.2) is 48.5 Å². The van der Waals surface area contributed by atoms with Crippen LogP contribution in [0.3, 0.4) is 0 Å². The first-order valence-corrected chi connectivity index (χ1v) is 11.0. The monoisotopic (exact) mass is 396 g/mol. The molecule has 1 fully saturated rings. The third kappa shape index (κ3) is 6.62. The van der Waals surface area contributed by atoms with Gasteiger partial charge < -0.3 is 10.4 Å². The third-order valence-corrected chi connectivity index (χ3v) is 6.78. The van der Waals surface area contributed by atoms with Crippen LogP contribution in [0.2, 0.25) is 0 Å². The van der Waals surface area contributed by atoms with Gasteiger partial charge in [-0.2, -0.15) is 0 Å². The summed E-state index contributed by atoms with van der Waals surface area (Å²) in [7, 11) is -3.21.